The molecule has 1 saturated heterocycles. The molecule has 0 aromatic heterocycles. The highest BCUT2D eigenvalue weighted by atomic mass is 19.3. The van der Waals surface area contributed by atoms with Gasteiger partial charge in [0.15, 0.2) is 0 Å². The fourth-order valence-corrected chi connectivity index (χ4v) is 4.34. The second-order valence-electron chi connectivity index (χ2n) is 8.36. The van der Waals surface area contributed by atoms with Gasteiger partial charge in [0.1, 0.15) is 18.2 Å². The van der Waals surface area contributed by atoms with Crippen molar-refractivity contribution < 1.29 is 22.6 Å². The molecule has 0 saturated carbocycles. The van der Waals surface area contributed by atoms with Gasteiger partial charge in [-0.3, -0.25) is 0 Å². The summed E-state index contributed by atoms with van der Waals surface area (Å²) >= 11 is 0. The van der Waals surface area contributed by atoms with Gasteiger partial charge >= 0.3 is 0 Å². The van der Waals surface area contributed by atoms with Crippen LogP contribution in [0, 0.1) is 12.7 Å². The van der Waals surface area contributed by atoms with Gasteiger partial charge < -0.3 is 9.47 Å². The van der Waals surface area contributed by atoms with E-state index in [-0.39, 0.29) is 24.2 Å². The zero-order chi connectivity index (χ0) is 23.4. The molecule has 2 unspecified atom stereocenters. The van der Waals surface area contributed by atoms with Crippen LogP contribution in [0.4, 0.5) is 13.2 Å². The van der Waals surface area contributed by atoms with Crippen molar-refractivity contribution in [3.63, 3.8) is 0 Å². The summed E-state index contributed by atoms with van der Waals surface area (Å²) in [4.78, 5) is 0. The van der Waals surface area contributed by atoms with Crippen LogP contribution in [0.3, 0.4) is 0 Å². The number of hydrogen-bond donors (Lipinski definition) is 0. The Hall–Kier alpha value is -3.05. The lowest BCUT2D eigenvalue weighted by Gasteiger charge is -2.31. The summed E-state index contributed by atoms with van der Waals surface area (Å²) in [5, 5.41) is 0. The second-order valence-corrected chi connectivity index (χ2v) is 8.36. The predicted octanol–water partition coefficient (Wildman–Crippen LogP) is 7.94. The largest absolute Gasteiger partial charge is 0.490 e. The van der Waals surface area contributed by atoms with E-state index in [1.54, 1.807) is 30.3 Å². The van der Waals surface area contributed by atoms with Crippen LogP contribution in [0.15, 0.2) is 73.3 Å². The van der Waals surface area contributed by atoms with Gasteiger partial charge in [0.05, 0.1) is 18.3 Å². The van der Waals surface area contributed by atoms with E-state index in [2.05, 4.69) is 6.58 Å². The Morgan fingerprint density at radius 3 is 2.36 bits per heavy atom. The van der Waals surface area contributed by atoms with Gasteiger partial charge in [-0.1, -0.05) is 66.7 Å². The Labute approximate surface area is 192 Å². The molecule has 1 fully saturated rings. The molecule has 5 heteroatoms. The van der Waals surface area contributed by atoms with Crippen LogP contribution in [0.1, 0.15) is 53.5 Å². The smallest absolute Gasteiger partial charge is 0.266 e. The molecule has 1 aliphatic heterocycles. The first-order valence-corrected chi connectivity index (χ1v) is 11.1. The zero-order valence-corrected chi connectivity index (χ0v) is 18.6. The summed E-state index contributed by atoms with van der Waals surface area (Å²) < 4.78 is 54.7. The Kier molecular flexibility index (Phi) is 7.19. The normalized spacial score (nSPS) is 18.3. The van der Waals surface area contributed by atoms with Crippen LogP contribution < -0.4 is 4.74 Å². The summed E-state index contributed by atoms with van der Waals surface area (Å²) in [6, 6.07) is 18.1. The molecule has 2 atom stereocenters. The molecule has 172 valence electrons. The van der Waals surface area contributed by atoms with Crippen molar-refractivity contribution in [2.45, 2.75) is 38.2 Å². The first-order chi connectivity index (χ1) is 16.0. The minimum Gasteiger partial charge on any atom is -0.490 e. The van der Waals surface area contributed by atoms with Crippen LogP contribution in [0.25, 0.3) is 11.1 Å². The fraction of sp³-hybridized carbons (Fsp3) is 0.286. The Morgan fingerprint density at radius 2 is 1.76 bits per heavy atom. The molecule has 33 heavy (non-hydrogen) atoms. The molecule has 3 aromatic carbocycles. The minimum absolute atomic E-state index is 0.124. The first-order valence-electron chi connectivity index (χ1n) is 11.1. The molecule has 0 aliphatic carbocycles. The Morgan fingerprint density at radius 1 is 1.03 bits per heavy atom. The van der Waals surface area contributed by atoms with Gasteiger partial charge in [-0.2, -0.15) is 0 Å². The molecule has 1 heterocycles. The molecule has 0 N–H and O–H groups in total. The lowest BCUT2D eigenvalue weighted by atomic mass is 9.85. The lowest BCUT2D eigenvalue weighted by molar-refractivity contribution is 0.00150. The summed E-state index contributed by atoms with van der Waals surface area (Å²) in [7, 11) is 0. The van der Waals surface area contributed by atoms with Gasteiger partial charge in [-0.15, -0.1) is 0 Å². The average molecular weight is 453 g/mol. The predicted molar refractivity (Wildman–Crippen MR) is 124 cm³/mol. The molecule has 3 aromatic rings. The Balaban J connectivity index is 1.51. The number of halogens is 3. The highest BCUT2D eigenvalue weighted by Gasteiger charge is 2.30. The van der Waals surface area contributed by atoms with E-state index in [1.165, 1.54) is 0 Å². The minimum atomic E-state index is -2.90. The SMILES string of the molecule is C=CCOc1ccc(C2CCC(c3ccc(-c4ccc(C)cc4)c(F)c3C(F)F)CO2)cc1. The van der Waals surface area contributed by atoms with E-state index in [9.17, 15) is 8.78 Å². The molecular formula is C28H27F3O2. The second kappa shape index (κ2) is 10.3. The summed E-state index contributed by atoms with van der Waals surface area (Å²) in [6.07, 6.45) is -0.0286. The van der Waals surface area contributed by atoms with Crippen molar-refractivity contribution in [1.82, 2.24) is 0 Å². The maximum Gasteiger partial charge on any atom is 0.266 e. The molecule has 0 amide bonds. The molecule has 1 aliphatic rings. The first kappa shape index (κ1) is 23.1. The molecule has 0 radical (unpaired) electrons. The number of alkyl halides is 2. The van der Waals surface area contributed by atoms with Crippen molar-refractivity contribution >= 4 is 0 Å². The van der Waals surface area contributed by atoms with E-state index < -0.39 is 17.8 Å². The van der Waals surface area contributed by atoms with Gasteiger partial charge in [0, 0.05) is 11.5 Å². The maximum atomic E-state index is 15.3. The summed E-state index contributed by atoms with van der Waals surface area (Å²) in [5.41, 5.74) is 2.65. The van der Waals surface area contributed by atoms with Crippen LogP contribution in [0.2, 0.25) is 0 Å². The maximum absolute atomic E-state index is 15.3. The number of aryl methyl sites for hydroxylation is 1. The number of benzene rings is 3. The van der Waals surface area contributed by atoms with Crippen molar-refractivity contribution in [1.29, 1.82) is 0 Å². The monoisotopic (exact) mass is 452 g/mol. The lowest BCUT2D eigenvalue weighted by Crippen LogP contribution is -2.21. The van der Waals surface area contributed by atoms with Gasteiger partial charge in [0.25, 0.3) is 6.43 Å². The summed E-state index contributed by atoms with van der Waals surface area (Å²) in [6.45, 7) is 6.26. The van der Waals surface area contributed by atoms with Crippen molar-refractivity contribution in [2.75, 3.05) is 13.2 Å². The van der Waals surface area contributed by atoms with Crippen LogP contribution in [-0.2, 0) is 4.74 Å². The Bertz CT molecular complexity index is 1080. The van der Waals surface area contributed by atoms with E-state index in [1.807, 2.05) is 43.3 Å². The van der Waals surface area contributed by atoms with E-state index in [4.69, 9.17) is 9.47 Å². The number of hydrogen-bond acceptors (Lipinski definition) is 2. The van der Waals surface area contributed by atoms with E-state index in [0.717, 1.165) is 16.9 Å². The van der Waals surface area contributed by atoms with E-state index >= 15 is 4.39 Å². The highest BCUT2D eigenvalue weighted by Crippen LogP contribution is 2.41. The molecule has 0 spiro atoms. The molecular weight excluding hydrogens is 425 g/mol. The van der Waals surface area contributed by atoms with E-state index in [0.29, 0.717) is 30.6 Å². The van der Waals surface area contributed by atoms with Gasteiger partial charge in [-0.25, -0.2) is 13.2 Å². The fourth-order valence-electron chi connectivity index (χ4n) is 4.34. The molecule has 2 nitrogen and oxygen atoms in total. The highest BCUT2D eigenvalue weighted by molar-refractivity contribution is 5.66. The summed E-state index contributed by atoms with van der Waals surface area (Å²) in [5.74, 6) is -0.372. The van der Waals surface area contributed by atoms with Crippen molar-refractivity contribution in [3.05, 3.63) is 101 Å². The van der Waals surface area contributed by atoms with Crippen LogP contribution >= 0.6 is 0 Å². The molecule has 0 bridgehead atoms. The van der Waals surface area contributed by atoms with Crippen LogP contribution in [0.5, 0.6) is 5.75 Å². The van der Waals surface area contributed by atoms with Gasteiger partial charge in [-0.05, 0) is 48.6 Å². The zero-order valence-electron chi connectivity index (χ0n) is 18.6. The van der Waals surface area contributed by atoms with Crippen molar-refractivity contribution in [3.8, 4) is 16.9 Å². The van der Waals surface area contributed by atoms with Crippen molar-refractivity contribution in [2.24, 2.45) is 0 Å². The topological polar surface area (TPSA) is 18.5 Å². The third-order valence-electron chi connectivity index (χ3n) is 6.13. The van der Waals surface area contributed by atoms with Crippen LogP contribution in [-0.4, -0.2) is 13.2 Å². The third kappa shape index (κ3) is 5.14. The third-order valence-corrected chi connectivity index (χ3v) is 6.13. The molecule has 4 rings (SSSR count). The average Bonchev–Trinajstić information content (AvgIpc) is 2.83. The quantitative estimate of drug-likeness (QED) is 0.339. The number of rotatable bonds is 7. The van der Waals surface area contributed by atoms with Gasteiger partial charge in [0.2, 0.25) is 0 Å². The standard InChI is InChI=1S/C28H27F3O2/c1-3-16-32-22-11-8-20(9-12-22)25-15-10-21(17-33-25)23-13-14-24(27(29)26(23)28(30)31)19-6-4-18(2)5-7-19/h3-9,11-14,21,25,28H,1,10,15-17H2,2H3. The number of ether oxygens (including phenoxy) is 2.